The van der Waals surface area contributed by atoms with E-state index in [4.69, 9.17) is 22.4 Å². The van der Waals surface area contributed by atoms with Crippen molar-refractivity contribution in [1.82, 2.24) is 0 Å². The Labute approximate surface area is 81.1 Å². The minimum atomic E-state index is -0.104. The summed E-state index contributed by atoms with van der Waals surface area (Å²) in [7, 11) is 0. The van der Waals surface area contributed by atoms with Gasteiger partial charge in [-0.05, 0) is 12.1 Å². The van der Waals surface area contributed by atoms with Crippen molar-refractivity contribution < 1.29 is 9.90 Å². The molecule has 0 spiro atoms. The zero-order valence-electron chi connectivity index (χ0n) is 6.96. The molecule has 3 N–H and O–H groups in total. The molecule has 0 aliphatic rings. The third-order valence-electron chi connectivity index (χ3n) is 1.66. The lowest BCUT2D eigenvalue weighted by Gasteiger charge is -2.03. The Bertz CT molecular complexity index is 325. The molecule has 13 heavy (non-hydrogen) atoms. The van der Waals surface area contributed by atoms with Crippen LogP contribution in [-0.4, -0.2) is 16.8 Å². The van der Waals surface area contributed by atoms with Gasteiger partial charge in [-0.15, -0.1) is 11.6 Å². The van der Waals surface area contributed by atoms with Crippen LogP contribution in [-0.2, 0) is 0 Å². The number of anilines is 1. The monoisotopic (exact) mass is 199 g/mol. The quantitative estimate of drug-likeness (QED) is 0.443. The summed E-state index contributed by atoms with van der Waals surface area (Å²) in [4.78, 5) is 11.3. The van der Waals surface area contributed by atoms with Gasteiger partial charge in [-0.2, -0.15) is 0 Å². The summed E-state index contributed by atoms with van der Waals surface area (Å²) >= 11 is 5.42. The molecule has 0 radical (unpaired) electrons. The molecule has 0 amide bonds. The van der Waals surface area contributed by atoms with Crippen LogP contribution in [0.15, 0.2) is 18.2 Å². The fraction of sp³-hybridized carbons (Fsp3) is 0.222. The normalized spacial score (nSPS) is 9.92. The lowest BCUT2D eigenvalue weighted by atomic mass is 10.1. The van der Waals surface area contributed by atoms with Crippen LogP contribution >= 0.6 is 11.6 Å². The van der Waals surface area contributed by atoms with Crippen LogP contribution in [0.5, 0.6) is 5.75 Å². The molecular weight excluding hydrogens is 190 g/mol. The van der Waals surface area contributed by atoms with Gasteiger partial charge < -0.3 is 10.8 Å². The summed E-state index contributed by atoms with van der Waals surface area (Å²) < 4.78 is 0. The van der Waals surface area contributed by atoms with Crippen molar-refractivity contribution in [2.75, 3.05) is 11.6 Å². The molecule has 3 nitrogen and oxygen atoms in total. The van der Waals surface area contributed by atoms with Crippen LogP contribution in [0, 0.1) is 0 Å². The van der Waals surface area contributed by atoms with Gasteiger partial charge in [0.2, 0.25) is 0 Å². The van der Waals surface area contributed by atoms with Crippen LogP contribution in [0.25, 0.3) is 0 Å². The van der Waals surface area contributed by atoms with Crippen molar-refractivity contribution in [3.05, 3.63) is 23.8 Å². The van der Waals surface area contributed by atoms with Crippen molar-refractivity contribution in [3.8, 4) is 5.75 Å². The molecule has 0 aliphatic heterocycles. The Balaban J connectivity index is 2.95. The molecule has 0 bridgehead atoms. The summed E-state index contributed by atoms with van der Waals surface area (Å²) in [6, 6.07) is 4.28. The molecule has 0 saturated carbocycles. The van der Waals surface area contributed by atoms with Gasteiger partial charge in [0.15, 0.2) is 5.78 Å². The summed E-state index contributed by atoms with van der Waals surface area (Å²) in [6.07, 6.45) is 0.260. The SMILES string of the molecule is Nc1cc(O)ccc1C(=O)CCCl. The lowest BCUT2D eigenvalue weighted by molar-refractivity contribution is 0.0990. The van der Waals surface area contributed by atoms with Gasteiger partial charge in [-0.25, -0.2) is 0 Å². The van der Waals surface area contributed by atoms with E-state index in [1.807, 2.05) is 0 Å². The van der Waals surface area contributed by atoms with E-state index in [0.29, 0.717) is 5.56 Å². The van der Waals surface area contributed by atoms with Crippen LogP contribution in [0.3, 0.4) is 0 Å². The van der Waals surface area contributed by atoms with E-state index >= 15 is 0 Å². The van der Waals surface area contributed by atoms with Gasteiger partial charge in [-0.1, -0.05) is 0 Å². The summed E-state index contributed by atoms with van der Waals surface area (Å²) in [5, 5.41) is 9.03. The molecule has 0 heterocycles. The van der Waals surface area contributed by atoms with Crippen molar-refractivity contribution >= 4 is 23.1 Å². The Morgan fingerprint density at radius 1 is 1.54 bits per heavy atom. The number of ketones is 1. The Hall–Kier alpha value is -1.22. The second-order valence-corrected chi connectivity index (χ2v) is 3.01. The predicted octanol–water partition coefficient (Wildman–Crippen LogP) is 1.79. The number of phenolic OH excluding ortho intramolecular Hbond substituents is 1. The number of hydrogen-bond acceptors (Lipinski definition) is 3. The number of Topliss-reactive ketones (excluding diaryl/α,β-unsaturated/α-hetero) is 1. The van der Waals surface area contributed by atoms with E-state index in [1.54, 1.807) is 0 Å². The first-order chi connectivity index (χ1) is 6.15. The second kappa shape index (κ2) is 4.14. The van der Waals surface area contributed by atoms with Gasteiger partial charge in [0.25, 0.3) is 0 Å². The fourth-order valence-corrected chi connectivity index (χ4v) is 1.20. The topological polar surface area (TPSA) is 63.3 Å². The average Bonchev–Trinajstić information content (AvgIpc) is 2.04. The third-order valence-corrected chi connectivity index (χ3v) is 1.85. The Morgan fingerprint density at radius 2 is 2.23 bits per heavy atom. The summed E-state index contributed by atoms with van der Waals surface area (Å²) in [6.45, 7) is 0. The van der Waals surface area contributed by atoms with E-state index < -0.39 is 0 Å². The van der Waals surface area contributed by atoms with Crippen LogP contribution in [0.4, 0.5) is 5.69 Å². The number of carbonyl (C=O) groups excluding carboxylic acids is 1. The first-order valence-electron chi connectivity index (χ1n) is 3.83. The van der Waals surface area contributed by atoms with Gasteiger partial charge in [0.05, 0.1) is 0 Å². The number of rotatable bonds is 3. The van der Waals surface area contributed by atoms with E-state index in [2.05, 4.69) is 0 Å². The molecule has 0 aromatic heterocycles. The third kappa shape index (κ3) is 2.36. The molecule has 1 aromatic carbocycles. The Kier molecular flexibility index (Phi) is 3.14. The molecule has 0 unspecified atom stereocenters. The molecular formula is C9H10ClNO2. The number of alkyl halides is 1. The van der Waals surface area contributed by atoms with E-state index in [9.17, 15) is 4.79 Å². The highest BCUT2D eigenvalue weighted by molar-refractivity contribution is 6.19. The number of carbonyl (C=O) groups is 1. The Morgan fingerprint density at radius 3 is 2.77 bits per heavy atom. The minimum Gasteiger partial charge on any atom is -0.508 e. The number of nitrogens with two attached hydrogens (primary N) is 1. The summed E-state index contributed by atoms with van der Waals surface area (Å²) in [5.74, 6) is 0.228. The van der Waals surface area contributed by atoms with Crippen molar-refractivity contribution in [3.63, 3.8) is 0 Å². The van der Waals surface area contributed by atoms with Crippen LogP contribution in [0.2, 0.25) is 0 Å². The van der Waals surface area contributed by atoms with E-state index in [1.165, 1.54) is 18.2 Å². The van der Waals surface area contributed by atoms with Gasteiger partial charge >= 0.3 is 0 Å². The molecule has 4 heteroatoms. The molecule has 0 aliphatic carbocycles. The highest BCUT2D eigenvalue weighted by Gasteiger charge is 2.08. The first kappa shape index (κ1) is 9.86. The predicted molar refractivity (Wildman–Crippen MR) is 52.2 cm³/mol. The van der Waals surface area contributed by atoms with Crippen LogP contribution in [0.1, 0.15) is 16.8 Å². The number of aromatic hydroxyl groups is 1. The van der Waals surface area contributed by atoms with Crippen LogP contribution < -0.4 is 5.73 Å². The number of halogens is 1. The largest absolute Gasteiger partial charge is 0.508 e. The van der Waals surface area contributed by atoms with E-state index in [0.717, 1.165) is 0 Å². The lowest BCUT2D eigenvalue weighted by Crippen LogP contribution is -2.03. The highest BCUT2D eigenvalue weighted by Crippen LogP contribution is 2.19. The zero-order valence-corrected chi connectivity index (χ0v) is 7.71. The first-order valence-corrected chi connectivity index (χ1v) is 4.36. The number of benzene rings is 1. The molecule has 0 atom stereocenters. The molecule has 0 fully saturated rings. The number of nitrogen functional groups attached to an aromatic ring is 1. The number of phenols is 1. The van der Waals surface area contributed by atoms with Crippen molar-refractivity contribution in [1.29, 1.82) is 0 Å². The molecule has 1 aromatic rings. The highest BCUT2D eigenvalue weighted by atomic mass is 35.5. The molecule has 1 rings (SSSR count). The maximum atomic E-state index is 11.3. The van der Waals surface area contributed by atoms with Crippen molar-refractivity contribution in [2.45, 2.75) is 6.42 Å². The van der Waals surface area contributed by atoms with Gasteiger partial charge in [-0.3, -0.25) is 4.79 Å². The fourth-order valence-electron chi connectivity index (χ4n) is 1.02. The summed E-state index contributed by atoms with van der Waals surface area (Å²) in [5.41, 5.74) is 6.23. The maximum absolute atomic E-state index is 11.3. The van der Waals surface area contributed by atoms with Gasteiger partial charge in [0.1, 0.15) is 5.75 Å². The zero-order chi connectivity index (χ0) is 9.84. The van der Waals surface area contributed by atoms with E-state index in [-0.39, 0.29) is 29.5 Å². The molecule has 0 saturated heterocycles. The number of hydrogen-bond donors (Lipinski definition) is 2. The smallest absolute Gasteiger partial charge is 0.166 e. The average molecular weight is 200 g/mol. The van der Waals surface area contributed by atoms with Gasteiger partial charge in [0, 0.05) is 29.6 Å². The second-order valence-electron chi connectivity index (χ2n) is 2.63. The van der Waals surface area contributed by atoms with Crippen molar-refractivity contribution in [2.24, 2.45) is 0 Å². The molecule has 70 valence electrons. The minimum absolute atomic E-state index is 0.0555. The standard InChI is InChI=1S/C9H10ClNO2/c10-4-3-9(13)7-2-1-6(12)5-8(7)11/h1-2,5,12H,3-4,11H2. The maximum Gasteiger partial charge on any atom is 0.166 e.